The van der Waals surface area contributed by atoms with Crippen LogP contribution in [0.25, 0.3) is 11.4 Å². The van der Waals surface area contributed by atoms with E-state index in [-0.39, 0.29) is 5.91 Å². The first-order valence-corrected chi connectivity index (χ1v) is 5.93. The Morgan fingerprint density at radius 3 is 2.75 bits per heavy atom. The number of carbonyl (C=O) groups is 1. The van der Waals surface area contributed by atoms with Gasteiger partial charge in [-0.25, -0.2) is 4.98 Å². The van der Waals surface area contributed by atoms with E-state index < -0.39 is 0 Å². The van der Waals surface area contributed by atoms with Crippen LogP contribution in [0, 0.1) is 6.92 Å². The summed E-state index contributed by atoms with van der Waals surface area (Å²) in [5, 5.41) is 4.90. The molecular formula is C11H9N3OS. The molecule has 2 aromatic rings. The quantitative estimate of drug-likeness (QED) is 0.753. The lowest BCUT2D eigenvalue weighted by molar-refractivity contribution is 0.0923. The van der Waals surface area contributed by atoms with Crippen LogP contribution in [0.3, 0.4) is 0 Å². The van der Waals surface area contributed by atoms with Crippen molar-refractivity contribution in [2.24, 2.45) is 0 Å². The fraction of sp³-hybridized carbons (Fsp3) is 0.182. The topological polar surface area (TPSA) is 47.8 Å². The molecule has 0 saturated heterocycles. The predicted molar refractivity (Wildman–Crippen MR) is 61.5 cm³/mol. The Hall–Kier alpha value is -1.62. The van der Waals surface area contributed by atoms with Crippen LogP contribution < -0.4 is 0 Å². The number of aryl methyl sites for hydroxylation is 1. The molecule has 0 radical (unpaired) electrons. The van der Waals surface area contributed by atoms with Crippen LogP contribution in [-0.4, -0.2) is 26.4 Å². The zero-order chi connectivity index (χ0) is 11.1. The zero-order valence-electron chi connectivity index (χ0n) is 8.67. The molecule has 16 heavy (non-hydrogen) atoms. The fourth-order valence-electron chi connectivity index (χ4n) is 1.57. The van der Waals surface area contributed by atoms with Gasteiger partial charge in [-0.2, -0.15) is 4.68 Å². The summed E-state index contributed by atoms with van der Waals surface area (Å²) in [7, 11) is 0. The first-order valence-electron chi connectivity index (χ1n) is 4.94. The molecule has 0 unspecified atom stereocenters. The van der Waals surface area contributed by atoms with Crippen molar-refractivity contribution in [3.05, 3.63) is 29.8 Å². The molecule has 1 aromatic heterocycles. The molecule has 0 N–H and O–H groups in total. The highest BCUT2D eigenvalue weighted by atomic mass is 32.2. The lowest BCUT2D eigenvalue weighted by Gasteiger charge is -1.95. The lowest BCUT2D eigenvalue weighted by atomic mass is 10.1. The third kappa shape index (κ3) is 1.44. The Morgan fingerprint density at radius 2 is 2.06 bits per heavy atom. The molecule has 3 rings (SSSR count). The highest BCUT2D eigenvalue weighted by molar-refractivity contribution is 8.00. The van der Waals surface area contributed by atoms with Gasteiger partial charge in [0.1, 0.15) is 0 Å². The van der Waals surface area contributed by atoms with Gasteiger partial charge >= 0.3 is 0 Å². The Kier molecular flexibility index (Phi) is 2.07. The van der Waals surface area contributed by atoms with E-state index in [1.54, 1.807) is 0 Å². The number of aromatic nitrogens is 3. The first-order chi connectivity index (χ1) is 7.74. The van der Waals surface area contributed by atoms with Crippen LogP contribution in [0.5, 0.6) is 0 Å². The van der Waals surface area contributed by atoms with Crippen molar-refractivity contribution >= 4 is 17.7 Å². The van der Waals surface area contributed by atoms with E-state index in [4.69, 9.17) is 0 Å². The third-order valence-electron chi connectivity index (χ3n) is 2.45. The summed E-state index contributed by atoms with van der Waals surface area (Å²) in [6, 6.07) is 7.96. The summed E-state index contributed by atoms with van der Waals surface area (Å²) in [5.41, 5.74) is 2.14. The molecule has 1 aliphatic rings. The summed E-state index contributed by atoms with van der Waals surface area (Å²) < 4.78 is 1.39. The Labute approximate surface area is 96.7 Å². The number of fused-ring (bicyclic) bond motifs is 1. The van der Waals surface area contributed by atoms with Crippen LogP contribution in [0.1, 0.15) is 10.4 Å². The van der Waals surface area contributed by atoms with E-state index >= 15 is 0 Å². The van der Waals surface area contributed by atoms with Crippen molar-refractivity contribution in [1.82, 2.24) is 14.8 Å². The van der Waals surface area contributed by atoms with Gasteiger partial charge in [-0.05, 0) is 6.92 Å². The molecule has 0 fully saturated rings. The van der Waals surface area contributed by atoms with Gasteiger partial charge in [0, 0.05) is 5.56 Å². The van der Waals surface area contributed by atoms with Crippen molar-refractivity contribution in [2.75, 3.05) is 5.75 Å². The van der Waals surface area contributed by atoms with Gasteiger partial charge in [-0.3, -0.25) is 4.79 Å². The van der Waals surface area contributed by atoms with E-state index in [2.05, 4.69) is 10.1 Å². The van der Waals surface area contributed by atoms with E-state index in [1.807, 2.05) is 31.2 Å². The van der Waals surface area contributed by atoms with Crippen molar-refractivity contribution in [1.29, 1.82) is 0 Å². The number of rotatable bonds is 1. The lowest BCUT2D eigenvalue weighted by Crippen LogP contribution is -2.08. The van der Waals surface area contributed by atoms with E-state index in [1.165, 1.54) is 22.0 Å². The maximum absolute atomic E-state index is 11.4. The molecule has 0 aliphatic carbocycles. The van der Waals surface area contributed by atoms with Gasteiger partial charge in [-0.15, -0.1) is 5.10 Å². The number of thioether (sulfide) groups is 1. The molecule has 1 aromatic carbocycles. The summed E-state index contributed by atoms with van der Waals surface area (Å²) in [5.74, 6) is 1.07. The van der Waals surface area contributed by atoms with Crippen molar-refractivity contribution in [3.63, 3.8) is 0 Å². The minimum Gasteiger partial charge on any atom is -0.271 e. The fourth-order valence-corrected chi connectivity index (χ4v) is 2.36. The van der Waals surface area contributed by atoms with Crippen LogP contribution in [0.2, 0.25) is 0 Å². The minimum atomic E-state index is 0.00543. The Morgan fingerprint density at radius 1 is 1.31 bits per heavy atom. The molecule has 80 valence electrons. The maximum Gasteiger partial charge on any atom is 0.259 e. The maximum atomic E-state index is 11.4. The molecule has 0 amide bonds. The van der Waals surface area contributed by atoms with Gasteiger partial charge in [0.05, 0.1) is 5.75 Å². The average molecular weight is 231 g/mol. The summed E-state index contributed by atoms with van der Waals surface area (Å²) >= 11 is 1.43. The highest BCUT2D eigenvalue weighted by Crippen LogP contribution is 2.26. The molecular weight excluding hydrogens is 222 g/mol. The second-order valence-corrected chi connectivity index (χ2v) is 4.62. The van der Waals surface area contributed by atoms with E-state index in [9.17, 15) is 4.79 Å². The molecule has 0 saturated carbocycles. The first kappa shape index (κ1) is 9.59. The van der Waals surface area contributed by atoms with Gasteiger partial charge in [0.25, 0.3) is 5.91 Å². The number of carbonyl (C=O) groups excluding carboxylic acids is 1. The number of benzene rings is 1. The molecule has 5 heteroatoms. The number of nitrogens with zero attached hydrogens (tertiary/aromatic N) is 3. The van der Waals surface area contributed by atoms with Gasteiger partial charge in [0.15, 0.2) is 11.0 Å². The molecule has 0 bridgehead atoms. The van der Waals surface area contributed by atoms with Gasteiger partial charge in [-0.1, -0.05) is 41.6 Å². The van der Waals surface area contributed by atoms with Crippen LogP contribution >= 0.6 is 11.8 Å². The number of hydrogen-bond acceptors (Lipinski definition) is 4. The predicted octanol–water partition coefficient (Wildman–Crippen LogP) is 2.00. The summed E-state index contributed by atoms with van der Waals surface area (Å²) in [6.07, 6.45) is 0. The highest BCUT2D eigenvalue weighted by Gasteiger charge is 2.24. The van der Waals surface area contributed by atoms with Crippen LogP contribution in [0.15, 0.2) is 29.4 Å². The second kappa shape index (κ2) is 3.45. The molecule has 1 aliphatic heterocycles. The third-order valence-corrected chi connectivity index (χ3v) is 3.36. The monoisotopic (exact) mass is 231 g/mol. The average Bonchev–Trinajstić information content (AvgIpc) is 2.83. The Balaban J connectivity index is 2.05. The molecule has 0 atom stereocenters. The summed E-state index contributed by atoms with van der Waals surface area (Å²) in [6.45, 7) is 2.03. The summed E-state index contributed by atoms with van der Waals surface area (Å²) in [4.78, 5) is 15.7. The van der Waals surface area contributed by atoms with Gasteiger partial charge in [0.2, 0.25) is 0 Å². The smallest absolute Gasteiger partial charge is 0.259 e. The Bertz CT molecular complexity index is 559. The number of hydrogen-bond donors (Lipinski definition) is 0. The van der Waals surface area contributed by atoms with Crippen molar-refractivity contribution in [3.8, 4) is 11.4 Å². The minimum absolute atomic E-state index is 0.00543. The van der Waals surface area contributed by atoms with Crippen molar-refractivity contribution < 1.29 is 4.79 Å². The van der Waals surface area contributed by atoms with E-state index in [0.717, 1.165) is 5.56 Å². The molecule has 4 nitrogen and oxygen atoms in total. The molecule has 2 heterocycles. The zero-order valence-corrected chi connectivity index (χ0v) is 9.49. The normalized spacial score (nSPS) is 14.2. The molecule has 0 spiro atoms. The van der Waals surface area contributed by atoms with Gasteiger partial charge < -0.3 is 0 Å². The second-order valence-electron chi connectivity index (χ2n) is 3.68. The van der Waals surface area contributed by atoms with Crippen molar-refractivity contribution in [2.45, 2.75) is 12.1 Å². The standard InChI is InChI=1S/C11H9N3OS/c1-7-2-4-8(5-3-7)10-12-11-14(13-10)9(15)6-16-11/h2-5H,6H2,1H3. The van der Waals surface area contributed by atoms with E-state index in [0.29, 0.717) is 16.7 Å². The SMILES string of the molecule is Cc1ccc(-c2nc3n(n2)C(=O)CS3)cc1. The van der Waals surface area contributed by atoms with Crippen LogP contribution in [-0.2, 0) is 0 Å². The largest absolute Gasteiger partial charge is 0.271 e. The van der Waals surface area contributed by atoms with Crippen LogP contribution in [0.4, 0.5) is 0 Å².